The van der Waals surface area contributed by atoms with Gasteiger partial charge in [-0.2, -0.15) is 0 Å². The third-order valence-electron chi connectivity index (χ3n) is 3.29. The first-order valence-electron chi connectivity index (χ1n) is 6.30. The second-order valence-electron chi connectivity index (χ2n) is 4.76. The summed E-state index contributed by atoms with van der Waals surface area (Å²) >= 11 is 1.63. The number of esters is 1. The zero-order chi connectivity index (χ0) is 13.0. The van der Waals surface area contributed by atoms with Gasteiger partial charge in [0.15, 0.2) is 0 Å². The topological polar surface area (TPSA) is 48.4 Å². The summed E-state index contributed by atoms with van der Waals surface area (Å²) in [6.45, 7) is 2.92. The zero-order valence-electron chi connectivity index (χ0n) is 10.9. The lowest BCUT2D eigenvalue weighted by Crippen LogP contribution is -2.30. The Morgan fingerprint density at radius 3 is 3.11 bits per heavy atom. The summed E-state index contributed by atoms with van der Waals surface area (Å²) in [4.78, 5) is 15.7. The second-order valence-corrected chi connectivity index (χ2v) is 5.61. The average molecular weight is 269 g/mol. The van der Waals surface area contributed by atoms with Gasteiger partial charge in [-0.25, -0.2) is 4.98 Å². The van der Waals surface area contributed by atoms with Crippen LogP contribution in [0.1, 0.15) is 43.3 Å². The van der Waals surface area contributed by atoms with Gasteiger partial charge in [-0.1, -0.05) is 0 Å². The molecule has 0 radical (unpaired) electrons. The summed E-state index contributed by atoms with van der Waals surface area (Å²) in [6, 6.07) is 0. The van der Waals surface area contributed by atoms with Crippen molar-refractivity contribution in [2.45, 2.75) is 44.6 Å². The molecule has 1 fully saturated rings. The van der Waals surface area contributed by atoms with Crippen molar-refractivity contribution in [3.63, 3.8) is 0 Å². The maximum absolute atomic E-state index is 11.1. The van der Waals surface area contributed by atoms with E-state index in [4.69, 9.17) is 4.74 Å². The molecule has 2 rings (SSSR count). The predicted molar refractivity (Wildman–Crippen MR) is 69.6 cm³/mol. The molecule has 1 saturated heterocycles. The normalized spacial score (nSPS) is 23.9. The Balaban J connectivity index is 1.98. The van der Waals surface area contributed by atoms with E-state index in [1.54, 1.807) is 11.3 Å². The standard InChI is InChI=1S/C13H19NO3S/c1-13(7-3-4-8-17-13)12-14-10(9-18-12)5-6-11(15)16-2/h9H,3-8H2,1-2H3. The highest BCUT2D eigenvalue weighted by molar-refractivity contribution is 7.09. The third kappa shape index (κ3) is 3.09. The van der Waals surface area contributed by atoms with Crippen LogP contribution in [0.5, 0.6) is 0 Å². The van der Waals surface area contributed by atoms with Crippen molar-refractivity contribution in [3.8, 4) is 0 Å². The Morgan fingerprint density at radius 1 is 1.61 bits per heavy atom. The SMILES string of the molecule is COC(=O)CCc1csc(C2(C)CCCCO2)n1. The van der Waals surface area contributed by atoms with Crippen LogP contribution in [0.3, 0.4) is 0 Å². The molecule has 1 atom stereocenters. The average Bonchev–Trinajstić information content (AvgIpc) is 2.86. The summed E-state index contributed by atoms with van der Waals surface area (Å²) in [7, 11) is 1.41. The van der Waals surface area contributed by atoms with Crippen LogP contribution in [0.4, 0.5) is 0 Å². The smallest absolute Gasteiger partial charge is 0.305 e. The Bertz CT molecular complexity index is 410. The molecule has 0 saturated carbocycles. The molecular formula is C13H19NO3S. The minimum atomic E-state index is -0.230. The van der Waals surface area contributed by atoms with E-state index in [0.717, 1.165) is 30.2 Å². The van der Waals surface area contributed by atoms with Crippen molar-refractivity contribution in [1.82, 2.24) is 4.98 Å². The Morgan fingerprint density at radius 2 is 2.44 bits per heavy atom. The fraction of sp³-hybridized carbons (Fsp3) is 0.692. The predicted octanol–water partition coefficient (Wildman–Crippen LogP) is 2.66. The number of carbonyl (C=O) groups is 1. The summed E-state index contributed by atoms with van der Waals surface area (Å²) < 4.78 is 10.5. The van der Waals surface area contributed by atoms with E-state index in [1.165, 1.54) is 13.5 Å². The van der Waals surface area contributed by atoms with Crippen LogP contribution in [0.15, 0.2) is 5.38 Å². The molecule has 5 heteroatoms. The van der Waals surface area contributed by atoms with Gasteiger partial charge in [-0.15, -0.1) is 11.3 Å². The highest BCUT2D eigenvalue weighted by Crippen LogP contribution is 2.36. The Labute approximate surface area is 111 Å². The first kappa shape index (κ1) is 13.5. The van der Waals surface area contributed by atoms with Crippen molar-refractivity contribution in [2.75, 3.05) is 13.7 Å². The quantitative estimate of drug-likeness (QED) is 0.788. The summed E-state index contributed by atoms with van der Waals surface area (Å²) in [6.07, 6.45) is 4.37. The van der Waals surface area contributed by atoms with Crippen molar-refractivity contribution in [3.05, 3.63) is 16.1 Å². The van der Waals surface area contributed by atoms with E-state index in [9.17, 15) is 4.79 Å². The number of hydrogen-bond acceptors (Lipinski definition) is 5. The molecule has 1 unspecified atom stereocenters. The minimum absolute atomic E-state index is 0.190. The number of rotatable bonds is 4. The van der Waals surface area contributed by atoms with Gasteiger partial charge in [0.25, 0.3) is 0 Å². The van der Waals surface area contributed by atoms with Crippen LogP contribution < -0.4 is 0 Å². The first-order chi connectivity index (χ1) is 8.64. The van der Waals surface area contributed by atoms with E-state index < -0.39 is 0 Å². The lowest BCUT2D eigenvalue weighted by Gasteiger charge is -2.31. The molecule has 1 aromatic rings. The molecule has 0 aliphatic carbocycles. The molecule has 1 aliphatic rings. The van der Waals surface area contributed by atoms with E-state index in [2.05, 4.69) is 16.6 Å². The number of nitrogens with zero attached hydrogens (tertiary/aromatic N) is 1. The maximum atomic E-state index is 11.1. The van der Waals surface area contributed by atoms with Gasteiger partial charge in [0.1, 0.15) is 10.6 Å². The molecule has 0 N–H and O–H groups in total. The van der Waals surface area contributed by atoms with Crippen LogP contribution in [0.25, 0.3) is 0 Å². The van der Waals surface area contributed by atoms with Gasteiger partial charge >= 0.3 is 5.97 Å². The van der Waals surface area contributed by atoms with Gasteiger partial charge in [-0.3, -0.25) is 4.79 Å². The first-order valence-corrected chi connectivity index (χ1v) is 7.18. The molecule has 1 aromatic heterocycles. The highest BCUT2D eigenvalue weighted by Gasteiger charge is 2.32. The molecule has 100 valence electrons. The number of aromatic nitrogens is 1. The van der Waals surface area contributed by atoms with E-state index in [1.807, 2.05) is 5.38 Å². The molecule has 4 nitrogen and oxygen atoms in total. The third-order valence-corrected chi connectivity index (χ3v) is 4.42. The van der Waals surface area contributed by atoms with Crippen LogP contribution in [0, 0.1) is 0 Å². The monoisotopic (exact) mass is 269 g/mol. The van der Waals surface area contributed by atoms with Crippen molar-refractivity contribution < 1.29 is 14.3 Å². The van der Waals surface area contributed by atoms with Crippen LogP contribution in [-0.2, 0) is 26.3 Å². The second kappa shape index (κ2) is 5.80. The Kier molecular flexibility index (Phi) is 4.35. The highest BCUT2D eigenvalue weighted by atomic mass is 32.1. The number of methoxy groups -OCH3 is 1. The number of hydrogen-bond donors (Lipinski definition) is 0. The fourth-order valence-corrected chi connectivity index (χ4v) is 3.10. The molecule has 0 aromatic carbocycles. The molecule has 1 aliphatic heterocycles. The van der Waals surface area contributed by atoms with E-state index in [0.29, 0.717) is 12.8 Å². The minimum Gasteiger partial charge on any atom is -0.469 e. The van der Waals surface area contributed by atoms with Gasteiger partial charge in [-0.05, 0) is 26.2 Å². The lowest BCUT2D eigenvalue weighted by atomic mass is 9.97. The molecular weight excluding hydrogens is 250 g/mol. The molecule has 18 heavy (non-hydrogen) atoms. The summed E-state index contributed by atoms with van der Waals surface area (Å²) in [5.74, 6) is -0.190. The van der Waals surface area contributed by atoms with Gasteiger partial charge < -0.3 is 9.47 Å². The van der Waals surface area contributed by atoms with Crippen molar-refractivity contribution in [1.29, 1.82) is 0 Å². The fourth-order valence-electron chi connectivity index (χ4n) is 2.10. The van der Waals surface area contributed by atoms with Gasteiger partial charge in [0.05, 0.1) is 19.2 Å². The number of thiazole rings is 1. The summed E-state index contributed by atoms with van der Waals surface area (Å²) in [5, 5.41) is 3.05. The van der Waals surface area contributed by atoms with E-state index in [-0.39, 0.29) is 11.6 Å². The molecule has 0 amide bonds. The lowest BCUT2D eigenvalue weighted by molar-refractivity contribution is -0.140. The van der Waals surface area contributed by atoms with Crippen LogP contribution in [-0.4, -0.2) is 24.7 Å². The van der Waals surface area contributed by atoms with Gasteiger partial charge in [0, 0.05) is 18.4 Å². The Hall–Kier alpha value is -0.940. The van der Waals surface area contributed by atoms with Crippen LogP contribution in [0.2, 0.25) is 0 Å². The largest absolute Gasteiger partial charge is 0.469 e. The zero-order valence-corrected chi connectivity index (χ0v) is 11.7. The maximum Gasteiger partial charge on any atom is 0.305 e. The summed E-state index contributed by atoms with van der Waals surface area (Å²) in [5.41, 5.74) is 0.725. The van der Waals surface area contributed by atoms with E-state index >= 15 is 0 Å². The molecule has 2 heterocycles. The van der Waals surface area contributed by atoms with Gasteiger partial charge in [0.2, 0.25) is 0 Å². The molecule has 0 bridgehead atoms. The number of aryl methyl sites for hydroxylation is 1. The van der Waals surface area contributed by atoms with Crippen molar-refractivity contribution >= 4 is 17.3 Å². The van der Waals surface area contributed by atoms with Crippen LogP contribution >= 0.6 is 11.3 Å². The number of carbonyl (C=O) groups excluding carboxylic acids is 1. The molecule has 0 spiro atoms. The number of ether oxygens (including phenoxy) is 2. The van der Waals surface area contributed by atoms with Crippen molar-refractivity contribution in [2.24, 2.45) is 0 Å².